The molecule has 2 N–H and O–H groups in total. The van der Waals surface area contributed by atoms with E-state index in [4.69, 9.17) is 5.73 Å². The first-order valence-corrected chi connectivity index (χ1v) is 6.00. The summed E-state index contributed by atoms with van der Waals surface area (Å²) in [6, 6.07) is 19.6. The van der Waals surface area contributed by atoms with Crippen molar-refractivity contribution in [1.82, 2.24) is 0 Å². The van der Waals surface area contributed by atoms with Crippen LogP contribution in [0.1, 0.15) is 11.1 Å². The van der Waals surface area contributed by atoms with Crippen molar-refractivity contribution in [3.63, 3.8) is 0 Å². The zero-order valence-electron chi connectivity index (χ0n) is 10.5. The van der Waals surface area contributed by atoms with Crippen molar-refractivity contribution in [3.8, 4) is 0 Å². The van der Waals surface area contributed by atoms with E-state index in [1.165, 1.54) is 0 Å². The Bertz CT molecular complexity index is 584. The van der Waals surface area contributed by atoms with Gasteiger partial charge in [0, 0.05) is 11.8 Å². The molecule has 0 saturated heterocycles. The highest BCUT2D eigenvalue weighted by Gasteiger charge is 1.93. The van der Waals surface area contributed by atoms with Crippen LogP contribution in [0.2, 0.25) is 0 Å². The molecule has 0 bridgehead atoms. The van der Waals surface area contributed by atoms with Gasteiger partial charge in [0.25, 0.3) is 0 Å². The Morgan fingerprint density at radius 2 is 1.53 bits per heavy atom. The van der Waals surface area contributed by atoms with Crippen molar-refractivity contribution in [2.75, 3.05) is 0 Å². The van der Waals surface area contributed by atoms with Gasteiger partial charge in [-0.15, -0.1) is 5.10 Å². The van der Waals surface area contributed by atoms with E-state index < -0.39 is 0 Å². The molecule has 2 aromatic rings. The molecule has 3 heteroatoms. The first-order chi connectivity index (χ1) is 9.36. The SMILES string of the molecule is N\C(=N/N=C\C=C/c1ccccc1)c1ccccc1. The minimum absolute atomic E-state index is 0.407. The average Bonchev–Trinajstić information content (AvgIpc) is 2.49. The Labute approximate surface area is 112 Å². The van der Waals surface area contributed by atoms with E-state index in [1.54, 1.807) is 6.21 Å². The van der Waals surface area contributed by atoms with Gasteiger partial charge in [0.2, 0.25) is 0 Å². The highest BCUT2D eigenvalue weighted by atomic mass is 15.2. The molecule has 3 nitrogen and oxygen atoms in total. The molecule has 0 heterocycles. The van der Waals surface area contributed by atoms with Crippen LogP contribution in [-0.4, -0.2) is 12.1 Å². The minimum Gasteiger partial charge on any atom is -0.382 e. The van der Waals surface area contributed by atoms with Crippen molar-refractivity contribution < 1.29 is 0 Å². The van der Waals surface area contributed by atoms with Crippen LogP contribution >= 0.6 is 0 Å². The molecule has 0 fully saturated rings. The fourth-order valence-corrected chi connectivity index (χ4v) is 1.52. The number of benzene rings is 2. The Hall–Kier alpha value is -2.68. The lowest BCUT2D eigenvalue weighted by Gasteiger charge is -1.95. The van der Waals surface area contributed by atoms with Gasteiger partial charge in [-0.2, -0.15) is 5.10 Å². The van der Waals surface area contributed by atoms with Crippen molar-refractivity contribution >= 4 is 18.1 Å². The number of nitrogens with zero attached hydrogens (tertiary/aromatic N) is 2. The van der Waals surface area contributed by atoms with Gasteiger partial charge in [0.05, 0.1) is 0 Å². The maximum absolute atomic E-state index is 5.80. The Kier molecular flexibility index (Phi) is 4.64. The fraction of sp³-hybridized carbons (Fsp3) is 0. The number of allylic oxidation sites excluding steroid dienone is 1. The summed E-state index contributed by atoms with van der Waals surface area (Å²) in [5.41, 5.74) is 7.79. The second kappa shape index (κ2) is 6.91. The third kappa shape index (κ3) is 4.24. The van der Waals surface area contributed by atoms with Crippen LogP contribution in [0.3, 0.4) is 0 Å². The molecule has 0 unspecified atom stereocenters. The van der Waals surface area contributed by atoms with E-state index in [1.807, 2.05) is 72.8 Å². The zero-order valence-corrected chi connectivity index (χ0v) is 10.5. The molecule has 94 valence electrons. The molecular formula is C16H15N3. The third-order valence-corrected chi connectivity index (χ3v) is 2.48. The number of hydrogen-bond acceptors (Lipinski definition) is 2. The average molecular weight is 249 g/mol. The molecule has 0 spiro atoms. The molecule has 0 saturated carbocycles. The number of amidine groups is 1. The van der Waals surface area contributed by atoms with E-state index in [0.717, 1.165) is 11.1 Å². The molecule has 0 radical (unpaired) electrons. The van der Waals surface area contributed by atoms with Crippen molar-refractivity contribution in [2.24, 2.45) is 15.9 Å². The topological polar surface area (TPSA) is 50.7 Å². The van der Waals surface area contributed by atoms with Gasteiger partial charge in [0.15, 0.2) is 5.84 Å². The van der Waals surface area contributed by atoms with Gasteiger partial charge >= 0.3 is 0 Å². The normalized spacial score (nSPS) is 12.3. The van der Waals surface area contributed by atoms with Gasteiger partial charge in [-0.25, -0.2) is 0 Å². The maximum Gasteiger partial charge on any atom is 0.153 e. The quantitative estimate of drug-likeness (QED) is 0.505. The third-order valence-electron chi connectivity index (χ3n) is 2.48. The first kappa shape index (κ1) is 12.8. The van der Waals surface area contributed by atoms with E-state index in [9.17, 15) is 0 Å². The molecule has 19 heavy (non-hydrogen) atoms. The molecule has 0 aliphatic carbocycles. The van der Waals surface area contributed by atoms with Crippen LogP contribution in [0.15, 0.2) is 76.9 Å². The molecule has 0 atom stereocenters. The summed E-state index contributed by atoms with van der Waals surface area (Å²) in [6.45, 7) is 0. The van der Waals surface area contributed by atoms with Crippen molar-refractivity contribution in [3.05, 3.63) is 77.9 Å². The molecule has 0 amide bonds. The lowest BCUT2D eigenvalue weighted by atomic mass is 10.2. The highest BCUT2D eigenvalue weighted by Crippen LogP contribution is 2.00. The lowest BCUT2D eigenvalue weighted by Crippen LogP contribution is -2.12. The van der Waals surface area contributed by atoms with Crippen LogP contribution < -0.4 is 5.73 Å². The fourth-order valence-electron chi connectivity index (χ4n) is 1.52. The van der Waals surface area contributed by atoms with Crippen LogP contribution in [-0.2, 0) is 0 Å². The minimum atomic E-state index is 0.407. The molecule has 2 aromatic carbocycles. The predicted molar refractivity (Wildman–Crippen MR) is 81.1 cm³/mol. The van der Waals surface area contributed by atoms with Crippen molar-refractivity contribution in [2.45, 2.75) is 0 Å². The van der Waals surface area contributed by atoms with Crippen LogP contribution in [0, 0.1) is 0 Å². The van der Waals surface area contributed by atoms with Gasteiger partial charge in [-0.1, -0.05) is 66.7 Å². The maximum atomic E-state index is 5.80. The highest BCUT2D eigenvalue weighted by molar-refractivity contribution is 5.97. The van der Waals surface area contributed by atoms with Gasteiger partial charge in [0.1, 0.15) is 0 Å². The number of hydrogen-bond donors (Lipinski definition) is 1. The Morgan fingerprint density at radius 1 is 0.895 bits per heavy atom. The standard InChI is InChI=1S/C16H15N3/c17-16(15-11-5-2-6-12-15)19-18-13-7-10-14-8-3-1-4-9-14/h1-13H,(H2,17,19)/b10-7-,18-13-. The number of nitrogens with two attached hydrogens (primary N) is 1. The predicted octanol–water partition coefficient (Wildman–Crippen LogP) is 3.09. The monoisotopic (exact) mass is 249 g/mol. The smallest absolute Gasteiger partial charge is 0.153 e. The second-order valence-electron chi connectivity index (χ2n) is 3.89. The summed E-state index contributed by atoms with van der Waals surface area (Å²) in [4.78, 5) is 0. The summed E-state index contributed by atoms with van der Waals surface area (Å²) in [5.74, 6) is 0.407. The summed E-state index contributed by atoms with van der Waals surface area (Å²) in [5, 5.41) is 7.85. The molecule has 0 aliphatic heterocycles. The molecule has 0 aromatic heterocycles. The van der Waals surface area contributed by atoms with Gasteiger partial charge in [-0.3, -0.25) is 0 Å². The largest absolute Gasteiger partial charge is 0.382 e. The summed E-state index contributed by atoms with van der Waals surface area (Å²) in [6.07, 6.45) is 5.40. The van der Waals surface area contributed by atoms with Crippen LogP contribution in [0.4, 0.5) is 0 Å². The molecular weight excluding hydrogens is 234 g/mol. The van der Waals surface area contributed by atoms with Gasteiger partial charge < -0.3 is 5.73 Å². The first-order valence-electron chi connectivity index (χ1n) is 6.00. The summed E-state index contributed by atoms with van der Waals surface area (Å²) < 4.78 is 0. The summed E-state index contributed by atoms with van der Waals surface area (Å²) >= 11 is 0. The van der Waals surface area contributed by atoms with E-state index in [0.29, 0.717) is 5.84 Å². The lowest BCUT2D eigenvalue weighted by molar-refractivity contribution is 1.23. The Morgan fingerprint density at radius 3 is 2.21 bits per heavy atom. The zero-order chi connectivity index (χ0) is 13.3. The second-order valence-corrected chi connectivity index (χ2v) is 3.89. The van der Waals surface area contributed by atoms with Gasteiger partial charge in [-0.05, 0) is 11.6 Å². The van der Waals surface area contributed by atoms with Crippen LogP contribution in [0.25, 0.3) is 6.08 Å². The number of rotatable bonds is 4. The molecule has 2 rings (SSSR count). The van der Waals surface area contributed by atoms with Crippen LogP contribution in [0.5, 0.6) is 0 Å². The molecule has 0 aliphatic rings. The van der Waals surface area contributed by atoms with E-state index in [2.05, 4.69) is 10.2 Å². The van der Waals surface area contributed by atoms with E-state index >= 15 is 0 Å². The summed E-state index contributed by atoms with van der Waals surface area (Å²) in [7, 11) is 0. The van der Waals surface area contributed by atoms with E-state index in [-0.39, 0.29) is 0 Å². The van der Waals surface area contributed by atoms with Crippen molar-refractivity contribution in [1.29, 1.82) is 0 Å². The Balaban J connectivity index is 1.95.